The Kier molecular flexibility index (Phi) is 7.24. The van der Waals surface area contributed by atoms with Crippen molar-refractivity contribution >= 4 is 39.0 Å². The molecule has 2 unspecified atom stereocenters. The molecule has 1 aromatic carbocycles. The minimum absolute atomic E-state index is 0. The Hall–Kier alpha value is -1.05. The molecule has 0 N–H and O–H groups in total. The van der Waals surface area contributed by atoms with Gasteiger partial charge in [0.05, 0.1) is 16.9 Å². The molecule has 6 rings (SSSR count). The maximum atomic E-state index is 13.2. The van der Waals surface area contributed by atoms with Crippen LogP contribution in [-0.2, 0) is 22.5 Å². The Bertz CT molecular complexity index is 1030. The maximum absolute atomic E-state index is 13.2. The molecule has 178 valence electrons. The maximum Gasteiger partial charge on any atom is 0.312 e. The number of Topliss-reactive ketones (excluding diaryl/α,β-unsaturated/α-hetero) is 1. The number of halogens is 2. The van der Waals surface area contributed by atoms with Crippen LogP contribution < -0.4 is 21.5 Å². The van der Waals surface area contributed by atoms with E-state index in [0.717, 1.165) is 41.3 Å². The molecule has 4 saturated carbocycles. The fourth-order valence-corrected chi connectivity index (χ4v) is 8.32. The van der Waals surface area contributed by atoms with Gasteiger partial charge < -0.3 is 21.7 Å². The van der Waals surface area contributed by atoms with E-state index >= 15 is 0 Å². The second-order valence-corrected chi connectivity index (χ2v) is 12.6. The van der Waals surface area contributed by atoms with Crippen molar-refractivity contribution in [2.24, 2.45) is 22.7 Å². The molecule has 4 nitrogen and oxygen atoms in total. The quantitative estimate of drug-likeness (QED) is 0.281. The van der Waals surface area contributed by atoms with Crippen molar-refractivity contribution in [2.75, 3.05) is 6.61 Å². The molecule has 0 spiro atoms. The second kappa shape index (κ2) is 9.54. The van der Waals surface area contributed by atoms with Crippen molar-refractivity contribution in [2.45, 2.75) is 65.3 Å². The highest BCUT2D eigenvalue weighted by Crippen LogP contribution is 2.65. The van der Waals surface area contributed by atoms with Crippen LogP contribution in [0.5, 0.6) is 0 Å². The molecule has 1 aromatic heterocycles. The number of esters is 1. The number of aromatic nitrogens is 1. The lowest BCUT2D eigenvalue weighted by molar-refractivity contribution is -0.684. The van der Waals surface area contributed by atoms with Crippen LogP contribution in [0.2, 0.25) is 0 Å². The minimum Gasteiger partial charge on any atom is -1.00 e. The van der Waals surface area contributed by atoms with Crippen molar-refractivity contribution < 1.29 is 35.9 Å². The van der Waals surface area contributed by atoms with E-state index in [1.54, 1.807) is 11.3 Å². The highest BCUT2D eigenvalue weighted by atomic mass is 79.9. The zero-order valence-electron chi connectivity index (χ0n) is 19.2. The van der Waals surface area contributed by atoms with Crippen LogP contribution in [0.25, 0.3) is 0 Å². The van der Waals surface area contributed by atoms with Crippen molar-refractivity contribution in [3.8, 4) is 0 Å². The third kappa shape index (κ3) is 5.01. The number of thiazole rings is 1. The predicted octanol–water partition coefficient (Wildman–Crippen LogP) is 2.69. The Morgan fingerprint density at radius 1 is 1.15 bits per heavy atom. The van der Waals surface area contributed by atoms with Crippen LogP contribution in [-0.4, -0.2) is 18.4 Å². The van der Waals surface area contributed by atoms with E-state index in [-0.39, 0.29) is 34.1 Å². The highest BCUT2D eigenvalue weighted by Gasteiger charge is 2.59. The average Bonchev–Trinajstić information content (AvgIpc) is 3.06. The summed E-state index contributed by atoms with van der Waals surface area (Å²) >= 11 is 5.04. The Balaban J connectivity index is 0.00000259. The normalized spacial score (nSPS) is 29.5. The summed E-state index contributed by atoms with van der Waals surface area (Å²) in [7, 11) is 0. The predicted molar refractivity (Wildman–Crippen MR) is 128 cm³/mol. The lowest BCUT2D eigenvalue weighted by Gasteiger charge is -2.59. The summed E-state index contributed by atoms with van der Waals surface area (Å²) in [6, 6.07) is 7.48. The van der Waals surface area contributed by atoms with Gasteiger partial charge in [-0.25, -0.2) is 0 Å². The van der Waals surface area contributed by atoms with Gasteiger partial charge in [0, 0.05) is 23.4 Å². The molecule has 2 atom stereocenters. The Morgan fingerprint density at radius 2 is 1.82 bits per heavy atom. The summed E-state index contributed by atoms with van der Waals surface area (Å²) in [5.74, 6) is 1.58. The number of rotatable bonds is 7. The van der Waals surface area contributed by atoms with Gasteiger partial charge in [0.2, 0.25) is 17.8 Å². The number of benzene rings is 1. The topological polar surface area (TPSA) is 47.2 Å². The van der Waals surface area contributed by atoms with E-state index in [9.17, 15) is 9.59 Å². The van der Waals surface area contributed by atoms with E-state index in [0.29, 0.717) is 30.6 Å². The molecule has 1 heterocycles. The third-order valence-corrected chi connectivity index (χ3v) is 9.66. The van der Waals surface area contributed by atoms with Crippen LogP contribution in [0.3, 0.4) is 0 Å². The fraction of sp³-hybridized carbons (Fsp3) is 0.577. The van der Waals surface area contributed by atoms with E-state index in [1.165, 1.54) is 24.1 Å². The van der Waals surface area contributed by atoms with Gasteiger partial charge in [-0.3, -0.25) is 9.59 Å². The zero-order valence-corrected chi connectivity index (χ0v) is 23.2. The van der Waals surface area contributed by atoms with Gasteiger partial charge >= 0.3 is 5.97 Å². The van der Waals surface area contributed by atoms with Crippen LogP contribution in [0, 0.1) is 29.6 Å². The van der Waals surface area contributed by atoms with Gasteiger partial charge in [-0.1, -0.05) is 46.3 Å². The van der Waals surface area contributed by atoms with Gasteiger partial charge in [-0.15, -0.1) is 0 Å². The standard InChI is InChI=1S/C26H31BrNO3S.BrH/c1-17-23(32-16-28(17)14-22(29)20-3-5-21(27)6-4-20)7-8-31-24(30)26-12-18-9-19(13-26)11-25(2,10-18)15-26;/h3-6,16,18-19H,7-15H2,1-2H3;1H/q+1;/p-1. The molecule has 4 bridgehead atoms. The molecule has 0 amide bonds. The number of ether oxygens (including phenoxy) is 1. The monoisotopic (exact) mass is 595 g/mol. The number of hydrogen-bond acceptors (Lipinski definition) is 4. The summed E-state index contributed by atoms with van der Waals surface area (Å²) < 4.78 is 8.86. The largest absolute Gasteiger partial charge is 1.00 e. The molecule has 4 aliphatic carbocycles. The zero-order chi connectivity index (χ0) is 22.5. The summed E-state index contributed by atoms with van der Waals surface area (Å²) in [5, 5.41) is 0. The SMILES string of the molecule is Cc1c(CCOC(=O)C23CC4CC(CC(C)(C4)C2)C3)sc[n+]1CC(=O)c1ccc(Br)cc1.[Br-]. The van der Waals surface area contributed by atoms with Crippen LogP contribution in [0.15, 0.2) is 34.2 Å². The van der Waals surface area contributed by atoms with Crippen molar-refractivity contribution in [1.29, 1.82) is 0 Å². The molecular weight excluding hydrogens is 566 g/mol. The Labute approximate surface area is 219 Å². The van der Waals surface area contributed by atoms with Gasteiger partial charge in [-0.2, -0.15) is 4.57 Å². The van der Waals surface area contributed by atoms with Crippen LogP contribution in [0.1, 0.15) is 66.4 Å². The number of carbonyl (C=O) groups excluding carboxylic acids is 2. The fourth-order valence-electron chi connectivity index (χ4n) is 7.08. The minimum atomic E-state index is -0.222. The second-order valence-electron chi connectivity index (χ2n) is 10.7. The first-order valence-electron chi connectivity index (χ1n) is 11.7. The van der Waals surface area contributed by atoms with Crippen molar-refractivity contribution in [3.63, 3.8) is 0 Å². The first kappa shape index (κ1) is 25.1. The summed E-state index contributed by atoms with van der Waals surface area (Å²) in [6.07, 6.45) is 7.71. The smallest absolute Gasteiger partial charge is 0.312 e. The molecule has 4 fully saturated rings. The first-order valence-corrected chi connectivity index (χ1v) is 13.3. The molecule has 0 aliphatic heterocycles. The van der Waals surface area contributed by atoms with Gasteiger partial charge in [0.15, 0.2) is 5.69 Å². The summed E-state index contributed by atoms with van der Waals surface area (Å²) in [6.45, 7) is 5.18. The molecule has 33 heavy (non-hydrogen) atoms. The van der Waals surface area contributed by atoms with Gasteiger partial charge in [0.1, 0.15) is 0 Å². The number of ketones is 1. The van der Waals surface area contributed by atoms with Gasteiger partial charge in [-0.05, 0) is 67.9 Å². The van der Waals surface area contributed by atoms with E-state index < -0.39 is 0 Å². The molecule has 0 saturated heterocycles. The molecule has 0 radical (unpaired) electrons. The molecule has 7 heteroatoms. The molecule has 2 aromatic rings. The first-order chi connectivity index (χ1) is 15.3. The van der Waals surface area contributed by atoms with E-state index in [4.69, 9.17) is 4.74 Å². The van der Waals surface area contributed by atoms with Gasteiger partial charge in [0.25, 0.3) is 0 Å². The lowest BCUT2D eigenvalue weighted by atomic mass is 9.44. The summed E-state index contributed by atoms with van der Waals surface area (Å²) in [4.78, 5) is 27.0. The highest BCUT2D eigenvalue weighted by molar-refractivity contribution is 9.10. The van der Waals surface area contributed by atoms with Crippen molar-refractivity contribution in [1.82, 2.24) is 0 Å². The number of carbonyl (C=O) groups is 2. The molecule has 4 aliphatic rings. The molecular formula is C26H31Br2NO3S. The van der Waals surface area contributed by atoms with E-state index in [2.05, 4.69) is 22.9 Å². The number of nitrogens with zero attached hydrogens (tertiary/aromatic N) is 1. The van der Waals surface area contributed by atoms with Crippen molar-refractivity contribution in [3.05, 3.63) is 50.4 Å². The lowest BCUT2D eigenvalue weighted by Crippen LogP contribution is -3.00. The summed E-state index contributed by atoms with van der Waals surface area (Å²) in [5.41, 5.74) is 3.93. The van der Waals surface area contributed by atoms with Crippen LogP contribution >= 0.6 is 27.3 Å². The van der Waals surface area contributed by atoms with E-state index in [1.807, 2.05) is 41.3 Å². The third-order valence-electron chi connectivity index (χ3n) is 7.99. The number of hydrogen-bond donors (Lipinski definition) is 0. The van der Waals surface area contributed by atoms with Crippen LogP contribution in [0.4, 0.5) is 0 Å². The average molecular weight is 597 g/mol. The Morgan fingerprint density at radius 3 is 2.45 bits per heavy atom.